The molecule has 0 atom stereocenters. The summed E-state index contributed by atoms with van der Waals surface area (Å²) in [6, 6.07) is 10.3. The van der Waals surface area contributed by atoms with Gasteiger partial charge in [0.2, 0.25) is 0 Å². The molecule has 0 unspecified atom stereocenters. The molecule has 0 fully saturated rings. The molecule has 1 aromatic heterocycles. The van der Waals surface area contributed by atoms with E-state index in [1.54, 1.807) is 18.2 Å². The summed E-state index contributed by atoms with van der Waals surface area (Å²) in [5, 5.41) is 19.5. The molecule has 10 nitrogen and oxygen atoms in total. The van der Waals surface area contributed by atoms with Gasteiger partial charge < -0.3 is 9.30 Å². The molecule has 0 aliphatic carbocycles. The van der Waals surface area contributed by atoms with Crippen molar-refractivity contribution in [2.45, 2.75) is 24.3 Å². The smallest absolute Gasteiger partial charge is 0.312 e. The molecule has 4 rings (SSSR count). The summed E-state index contributed by atoms with van der Waals surface area (Å²) in [5.41, 5.74) is 0.617. The van der Waals surface area contributed by atoms with E-state index in [1.165, 1.54) is 19.2 Å². The summed E-state index contributed by atoms with van der Waals surface area (Å²) in [6.07, 6.45) is 1.87. The van der Waals surface area contributed by atoms with Gasteiger partial charge in [0, 0.05) is 30.3 Å². The molecule has 1 aliphatic heterocycles. The van der Waals surface area contributed by atoms with Crippen LogP contribution >= 0.6 is 0 Å². The second kappa shape index (κ2) is 7.17. The third-order valence-electron chi connectivity index (χ3n) is 4.64. The third kappa shape index (κ3) is 3.51. The highest BCUT2D eigenvalue weighted by molar-refractivity contribution is 7.92. The van der Waals surface area contributed by atoms with Crippen molar-refractivity contribution in [1.82, 2.24) is 14.8 Å². The van der Waals surface area contributed by atoms with Crippen molar-refractivity contribution >= 4 is 21.4 Å². The number of hydrogen-bond donors (Lipinski definition) is 1. The zero-order valence-corrected chi connectivity index (χ0v) is 16.2. The predicted octanol–water partition coefficient (Wildman–Crippen LogP) is 2.61. The van der Waals surface area contributed by atoms with Crippen LogP contribution in [-0.4, -0.2) is 35.2 Å². The number of benzene rings is 2. The summed E-state index contributed by atoms with van der Waals surface area (Å²) in [5.74, 6) is 1.58. The number of hydrogen-bond acceptors (Lipinski definition) is 7. The first-order chi connectivity index (χ1) is 13.9. The lowest BCUT2D eigenvalue weighted by Gasteiger charge is -2.10. The van der Waals surface area contributed by atoms with Crippen LogP contribution in [0.2, 0.25) is 0 Å². The molecule has 0 saturated heterocycles. The number of sulfonamides is 1. The van der Waals surface area contributed by atoms with E-state index in [0.717, 1.165) is 36.8 Å². The largest absolute Gasteiger partial charge is 0.490 e. The van der Waals surface area contributed by atoms with Crippen LogP contribution in [0.25, 0.3) is 11.4 Å². The number of aryl methyl sites for hydroxylation is 1. The van der Waals surface area contributed by atoms with Crippen molar-refractivity contribution in [2.24, 2.45) is 0 Å². The predicted molar refractivity (Wildman–Crippen MR) is 104 cm³/mol. The van der Waals surface area contributed by atoms with Gasteiger partial charge in [-0.2, -0.15) is 0 Å². The van der Waals surface area contributed by atoms with Crippen LogP contribution in [0, 0.1) is 10.1 Å². The summed E-state index contributed by atoms with van der Waals surface area (Å²) in [6.45, 7) is 0.823. The van der Waals surface area contributed by atoms with E-state index in [9.17, 15) is 18.5 Å². The number of fused-ring (bicyclic) bond motifs is 1. The molecule has 1 N–H and O–H groups in total. The standard InChI is InChI=1S/C18H17N5O5S/c1-28-16-8-7-14(11-15(16)23(24)25)29(26,27)21-13-5-2-4-12(10-13)18-20-19-17-6-3-9-22(17)18/h2,4-5,7-8,10-11,21H,3,6,9H2,1H3. The fraction of sp³-hybridized carbons (Fsp3) is 0.222. The second-order valence-corrected chi connectivity index (χ2v) is 8.15. The Balaban J connectivity index is 1.65. The Hall–Kier alpha value is -3.47. The van der Waals surface area contributed by atoms with Gasteiger partial charge in [0.05, 0.1) is 16.9 Å². The normalized spacial score (nSPS) is 13.1. The highest BCUT2D eigenvalue weighted by Gasteiger charge is 2.23. The third-order valence-corrected chi connectivity index (χ3v) is 6.02. The fourth-order valence-electron chi connectivity index (χ4n) is 3.28. The number of nitro groups is 1. The minimum absolute atomic E-state index is 0.0170. The SMILES string of the molecule is COc1ccc(S(=O)(=O)Nc2cccc(-c3nnc4n3CCC4)c2)cc1[N+](=O)[O-]. The van der Waals surface area contributed by atoms with E-state index < -0.39 is 20.6 Å². The monoisotopic (exact) mass is 415 g/mol. The first-order valence-corrected chi connectivity index (χ1v) is 10.2. The zero-order chi connectivity index (χ0) is 20.6. The summed E-state index contributed by atoms with van der Waals surface area (Å²) >= 11 is 0. The number of nitrogens with one attached hydrogen (secondary N) is 1. The van der Waals surface area contributed by atoms with Crippen LogP contribution in [0.15, 0.2) is 47.4 Å². The van der Waals surface area contributed by atoms with Crippen LogP contribution < -0.4 is 9.46 Å². The Kier molecular flexibility index (Phi) is 4.66. The highest BCUT2D eigenvalue weighted by atomic mass is 32.2. The number of methoxy groups -OCH3 is 1. The number of ether oxygens (including phenoxy) is 1. The molecule has 11 heteroatoms. The van der Waals surface area contributed by atoms with Gasteiger partial charge in [-0.1, -0.05) is 12.1 Å². The fourth-order valence-corrected chi connectivity index (χ4v) is 4.35. The van der Waals surface area contributed by atoms with E-state index in [2.05, 4.69) is 14.9 Å². The first kappa shape index (κ1) is 18.9. The molecule has 0 saturated carbocycles. The molecule has 29 heavy (non-hydrogen) atoms. The molecule has 2 aromatic carbocycles. The van der Waals surface area contributed by atoms with Crippen LogP contribution in [-0.2, 0) is 23.0 Å². The van der Waals surface area contributed by atoms with Gasteiger partial charge in [0.25, 0.3) is 10.0 Å². The quantitative estimate of drug-likeness (QED) is 0.484. The van der Waals surface area contributed by atoms with Gasteiger partial charge in [0.15, 0.2) is 11.6 Å². The van der Waals surface area contributed by atoms with E-state index in [-0.39, 0.29) is 10.6 Å². The van der Waals surface area contributed by atoms with Gasteiger partial charge in [-0.3, -0.25) is 14.8 Å². The lowest BCUT2D eigenvalue weighted by molar-refractivity contribution is -0.386. The summed E-state index contributed by atoms with van der Waals surface area (Å²) < 4.78 is 34.9. The average molecular weight is 415 g/mol. The number of aromatic nitrogens is 3. The van der Waals surface area contributed by atoms with Crippen molar-refractivity contribution in [3.8, 4) is 17.1 Å². The number of nitrogens with zero attached hydrogens (tertiary/aromatic N) is 4. The molecular formula is C18H17N5O5S. The van der Waals surface area contributed by atoms with Crippen LogP contribution in [0.1, 0.15) is 12.2 Å². The summed E-state index contributed by atoms with van der Waals surface area (Å²) in [4.78, 5) is 10.3. The van der Waals surface area contributed by atoms with Crippen molar-refractivity contribution in [3.63, 3.8) is 0 Å². The van der Waals surface area contributed by atoms with Gasteiger partial charge in [0.1, 0.15) is 5.82 Å². The van der Waals surface area contributed by atoms with Crippen LogP contribution in [0.5, 0.6) is 5.75 Å². The Morgan fingerprint density at radius 3 is 2.79 bits per heavy atom. The average Bonchev–Trinajstić information content (AvgIpc) is 3.31. The number of anilines is 1. The van der Waals surface area contributed by atoms with Crippen LogP contribution in [0.3, 0.4) is 0 Å². The molecular weight excluding hydrogens is 398 g/mol. The van der Waals surface area contributed by atoms with Gasteiger partial charge in [-0.15, -0.1) is 10.2 Å². The van der Waals surface area contributed by atoms with Gasteiger partial charge in [-0.25, -0.2) is 8.42 Å². The van der Waals surface area contributed by atoms with Crippen molar-refractivity contribution in [2.75, 3.05) is 11.8 Å². The lowest BCUT2D eigenvalue weighted by Crippen LogP contribution is -2.13. The molecule has 1 aliphatic rings. The number of nitro benzene ring substituents is 1. The van der Waals surface area contributed by atoms with Crippen molar-refractivity contribution < 1.29 is 18.1 Å². The van der Waals surface area contributed by atoms with Crippen LogP contribution in [0.4, 0.5) is 11.4 Å². The molecule has 2 heterocycles. The number of rotatable bonds is 6. The highest BCUT2D eigenvalue weighted by Crippen LogP contribution is 2.31. The van der Waals surface area contributed by atoms with E-state index in [4.69, 9.17) is 4.74 Å². The molecule has 0 radical (unpaired) electrons. The Morgan fingerprint density at radius 2 is 2.03 bits per heavy atom. The van der Waals surface area contributed by atoms with E-state index in [1.807, 2.05) is 10.6 Å². The van der Waals surface area contributed by atoms with Crippen molar-refractivity contribution in [1.29, 1.82) is 0 Å². The van der Waals surface area contributed by atoms with E-state index in [0.29, 0.717) is 11.5 Å². The molecule has 0 spiro atoms. The minimum Gasteiger partial charge on any atom is -0.490 e. The molecule has 0 bridgehead atoms. The maximum Gasteiger partial charge on any atom is 0.312 e. The van der Waals surface area contributed by atoms with E-state index >= 15 is 0 Å². The summed E-state index contributed by atoms with van der Waals surface area (Å²) in [7, 11) is -2.76. The Labute approximate surface area is 166 Å². The Morgan fingerprint density at radius 1 is 1.21 bits per heavy atom. The maximum absolute atomic E-state index is 12.8. The van der Waals surface area contributed by atoms with Crippen molar-refractivity contribution in [3.05, 3.63) is 58.4 Å². The molecule has 0 amide bonds. The van der Waals surface area contributed by atoms with Gasteiger partial charge in [-0.05, 0) is 30.7 Å². The topological polar surface area (TPSA) is 129 Å². The second-order valence-electron chi connectivity index (χ2n) is 6.47. The van der Waals surface area contributed by atoms with Gasteiger partial charge >= 0.3 is 5.69 Å². The lowest BCUT2D eigenvalue weighted by atomic mass is 10.2. The maximum atomic E-state index is 12.8. The molecule has 3 aromatic rings. The first-order valence-electron chi connectivity index (χ1n) is 8.77. The Bertz CT molecular complexity index is 1210. The molecule has 150 valence electrons. The zero-order valence-electron chi connectivity index (χ0n) is 15.4. The minimum atomic E-state index is -4.04.